The highest BCUT2D eigenvalue weighted by molar-refractivity contribution is 8.15. The van der Waals surface area contributed by atoms with Gasteiger partial charge in [0.2, 0.25) is 0 Å². The maximum Gasteiger partial charge on any atom is 0.305 e. The maximum absolute atomic E-state index is 10.7. The summed E-state index contributed by atoms with van der Waals surface area (Å²) in [5, 5.41) is 0.952. The molecule has 2 heterocycles. The molecular formula is C6H5N2OS2. The van der Waals surface area contributed by atoms with Crippen molar-refractivity contribution in [2.24, 2.45) is 4.99 Å². The van der Waals surface area contributed by atoms with E-state index < -0.39 is 0 Å². The zero-order chi connectivity index (χ0) is 7.68. The number of aliphatic imine (C=N–C) groups is 1. The SMILES string of the molecule is O=c1[nH][c]c(C2=NCCS2)s1. The van der Waals surface area contributed by atoms with Crippen LogP contribution in [0.2, 0.25) is 0 Å². The molecule has 0 bridgehead atoms. The molecule has 0 atom stereocenters. The van der Waals surface area contributed by atoms with Gasteiger partial charge < -0.3 is 4.98 Å². The number of thioether (sulfide) groups is 1. The van der Waals surface area contributed by atoms with Gasteiger partial charge in [-0.25, -0.2) is 0 Å². The van der Waals surface area contributed by atoms with Crippen LogP contribution in [-0.2, 0) is 0 Å². The van der Waals surface area contributed by atoms with Gasteiger partial charge >= 0.3 is 4.87 Å². The fraction of sp³-hybridized carbons (Fsp3) is 0.333. The lowest BCUT2D eigenvalue weighted by Crippen LogP contribution is -1.88. The Hall–Kier alpha value is -0.550. The van der Waals surface area contributed by atoms with E-state index in [2.05, 4.69) is 16.2 Å². The van der Waals surface area contributed by atoms with Crippen molar-refractivity contribution in [2.75, 3.05) is 12.3 Å². The summed E-state index contributed by atoms with van der Waals surface area (Å²) in [5.41, 5.74) is 0. The van der Waals surface area contributed by atoms with Gasteiger partial charge in [-0.3, -0.25) is 9.79 Å². The molecule has 1 aromatic rings. The van der Waals surface area contributed by atoms with Crippen molar-refractivity contribution >= 4 is 28.1 Å². The fourth-order valence-corrected chi connectivity index (χ4v) is 2.40. The summed E-state index contributed by atoms with van der Waals surface area (Å²) in [6.07, 6.45) is 2.78. The molecule has 1 aromatic heterocycles. The molecule has 0 unspecified atom stereocenters. The quantitative estimate of drug-likeness (QED) is 0.701. The van der Waals surface area contributed by atoms with E-state index >= 15 is 0 Å². The molecule has 5 heteroatoms. The van der Waals surface area contributed by atoms with Gasteiger partial charge in [-0.15, -0.1) is 11.8 Å². The van der Waals surface area contributed by atoms with E-state index in [0.29, 0.717) is 0 Å². The second-order valence-electron chi connectivity index (χ2n) is 2.00. The molecule has 0 aliphatic carbocycles. The number of aromatic amines is 1. The van der Waals surface area contributed by atoms with E-state index in [0.717, 1.165) is 22.2 Å². The molecule has 1 aliphatic rings. The Morgan fingerprint density at radius 1 is 1.64 bits per heavy atom. The number of thiazole rings is 1. The molecule has 0 amide bonds. The molecule has 0 saturated carbocycles. The fourth-order valence-electron chi connectivity index (χ4n) is 0.821. The lowest BCUT2D eigenvalue weighted by molar-refractivity contribution is 1.18. The monoisotopic (exact) mass is 185 g/mol. The third-order valence-corrected chi connectivity index (χ3v) is 3.16. The highest BCUT2D eigenvalue weighted by Crippen LogP contribution is 2.19. The number of hydrogen-bond acceptors (Lipinski definition) is 4. The molecule has 3 nitrogen and oxygen atoms in total. The van der Waals surface area contributed by atoms with Crippen LogP contribution in [-0.4, -0.2) is 22.3 Å². The molecule has 1 aliphatic heterocycles. The van der Waals surface area contributed by atoms with Gasteiger partial charge in [0, 0.05) is 12.3 Å². The van der Waals surface area contributed by atoms with Crippen molar-refractivity contribution in [2.45, 2.75) is 0 Å². The lowest BCUT2D eigenvalue weighted by atomic mass is 10.6. The molecule has 0 spiro atoms. The summed E-state index contributed by atoms with van der Waals surface area (Å²) >= 11 is 2.85. The molecule has 1 N–H and O–H groups in total. The van der Waals surface area contributed by atoms with Crippen LogP contribution >= 0.6 is 23.1 Å². The zero-order valence-corrected chi connectivity index (χ0v) is 7.22. The summed E-state index contributed by atoms with van der Waals surface area (Å²) in [5.74, 6) is 1.02. The first kappa shape index (κ1) is 7.12. The van der Waals surface area contributed by atoms with Crippen LogP contribution in [0.4, 0.5) is 0 Å². The third-order valence-electron chi connectivity index (χ3n) is 1.25. The summed E-state index contributed by atoms with van der Waals surface area (Å²) in [6, 6.07) is 0. The third kappa shape index (κ3) is 1.39. The number of hydrogen-bond donors (Lipinski definition) is 1. The maximum atomic E-state index is 10.7. The van der Waals surface area contributed by atoms with Crippen LogP contribution in [0.5, 0.6) is 0 Å². The van der Waals surface area contributed by atoms with Crippen LogP contribution in [0.3, 0.4) is 0 Å². The van der Waals surface area contributed by atoms with Crippen LogP contribution < -0.4 is 4.87 Å². The molecule has 0 fully saturated rings. The van der Waals surface area contributed by atoms with Gasteiger partial charge in [-0.05, 0) is 0 Å². The Kier molecular flexibility index (Phi) is 1.83. The first-order valence-electron chi connectivity index (χ1n) is 3.15. The lowest BCUT2D eigenvalue weighted by Gasteiger charge is -1.88. The Bertz CT molecular complexity index is 338. The normalized spacial score (nSPS) is 16.9. The number of nitrogens with zero attached hydrogens (tertiary/aromatic N) is 1. The molecule has 2 rings (SSSR count). The van der Waals surface area contributed by atoms with Crippen LogP contribution in [0.15, 0.2) is 9.79 Å². The summed E-state index contributed by atoms with van der Waals surface area (Å²) < 4.78 is 0. The Morgan fingerprint density at radius 2 is 2.55 bits per heavy atom. The number of nitrogens with one attached hydrogen (secondary N) is 1. The average Bonchev–Trinajstić information content (AvgIpc) is 2.55. The van der Waals surface area contributed by atoms with Gasteiger partial charge in [0.1, 0.15) is 5.04 Å². The summed E-state index contributed by atoms with van der Waals surface area (Å²) in [7, 11) is 0. The van der Waals surface area contributed by atoms with E-state index in [-0.39, 0.29) is 4.87 Å². The van der Waals surface area contributed by atoms with Crippen LogP contribution in [0, 0.1) is 6.20 Å². The Morgan fingerprint density at radius 3 is 3.09 bits per heavy atom. The molecule has 11 heavy (non-hydrogen) atoms. The van der Waals surface area contributed by atoms with Crippen molar-refractivity contribution in [1.29, 1.82) is 0 Å². The van der Waals surface area contributed by atoms with Gasteiger partial charge in [0.15, 0.2) is 0 Å². The number of rotatable bonds is 1. The summed E-state index contributed by atoms with van der Waals surface area (Å²) in [4.78, 5) is 18.2. The van der Waals surface area contributed by atoms with Crippen molar-refractivity contribution in [3.05, 3.63) is 20.7 Å². The predicted molar refractivity (Wildman–Crippen MR) is 47.6 cm³/mol. The zero-order valence-electron chi connectivity index (χ0n) is 5.59. The molecule has 0 saturated heterocycles. The van der Waals surface area contributed by atoms with E-state index in [1.807, 2.05) is 0 Å². The minimum atomic E-state index is -0.0600. The minimum absolute atomic E-state index is 0.0600. The molecule has 0 aromatic carbocycles. The van der Waals surface area contributed by atoms with E-state index in [1.54, 1.807) is 11.8 Å². The molecule has 57 valence electrons. The highest BCUT2D eigenvalue weighted by Gasteiger charge is 2.11. The first-order valence-corrected chi connectivity index (χ1v) is 4.95. The van der Waals surface area contributed by atoms with E-state index in [1.165, 1.54) is 11.3 Å². The second-order valence-corrected chi connectivity index (χ2v) is 4.07. The topological polar surface area (TPSA) is 45.2 Å². The average molecular weight is 185 g/mol. The van der Waals surface area contributed by atoms with E-state index in [4.69, 9.17) is 0 Å². The smallest absolute Gasteiger partial charge is 0.305 e. The standard InChI is InChI=1S/C6H5N2OS2/c9-6-8-3-4(11-6)5-7-1-2-10-5/h1-2H2,(H,8,9). The summed E-state index contributed by atoms with van der Waals surface area (Å²) in [6.45, 7) is 0.861. The van der Waals surface area contributed by atoms with Crippen LogP contribution in [0.25, 0.3) is 0 Å². The van der Waals surface area contributed by atoms with Crippen LogP contribution in [0.1, 0.15) is 4.88 Å². The number of H-pyrrole nitrogens is 1. The van der Waals surface area contributed by atoms with Crippen molar-refractivity contribution < 1.29 is 0 Å². The molecular weight excluding hydrogens is 180 g/mol. The second kappa shape index (κ2) is 2.83. The number of aromatic nitrogens is 1. The Balaban J connectivity index is 2.35. The van der Waals surface area contributed by atoms with Crippen molar-refractivity contribution in [3.8, 4) is 0 Å². The van der Waals surface area contributed by atoms with Gasteiger partial charge in [0.05, 0.1) is 11.1 Å². The van der Waals surface area contributed by atoms with Gasteiger partial charge in [0.25, 0.3) is 0 Å². The first-order chi connectivity index (χ1) is 5.36. The van der Waals surface area contributed by atoms with Crippen molar-refractivity contribution in [3.63, 3.8) is 0 Å². The minimum Gasteiger partial charge on any atom is -0.310 e. The predicted octanol–water partition coefficient (Wildman–Crippen LogP) is 0.730. The van der Waals surface area contributed by atoms with Gasteiger partial charge in [-0.1, -0.05) is 11.3 Å². The molecule has 1 radical (unpaired) electrons. The van der Waals surface area contributed by atoms with Gasteiger partial charge in [-0.2, -0.15) is 0 Å². The largest absolute Gasteiger partial charge is 0.310 e. The highest BCUT2D eigenvalue weighted by atomic mass is 32.2. The Labute approximate surface area is 71.6 Å². The van der Waals surface area contributed by atoms with E-state index in [9.17, 15) is 4.79 Å². The van der Waals surface area contributed by atoms with Crippen molar-refractivity contribution in [1.82, 2.24) is 4.98 Å².